The lowest BCUT2D eigenvalue weighted by Crippen LogP contribution is -2.36. The van der Waals surface area contributed by atoms with E-state index in [1.54, 1.807) is 4.90 Å². The molecular weight excluding hydrogens is 423 g/mol. The van der Waals surface area contributed by atoms with E-state index in [9.17, 15) is 22.8 Å². The summed E-state index contributed by atoms with van der Waals surface area (Å²) in [6, 6.07) is 19.8. The molecule has 0 bridgehead atoms. The molecule has 9 heteroatoms. The third-order valence-electron chi connectivity index (χ3n) is 4.66. The second-order valence-electron chi connectivity index (χ2n) is 7.09. The van der Waals surface area contributed by atoms with Crippen LogP contribution in [0.1, 0.15) is 16.8 Å². The standard InChI is InChI=1S/C23H22F3N3O3/c24-23(25,26)20-12-14-29(27-20)16-22(31)32-17-21(30)28(15-19-9-5-2-6-10-19)13-11-18-7-3-1-4-8-18/h1-10,12,14H,11,13,15-17H2. The number of benzene rings is 2. The number of carbonyl (C=O) groups excluding carboxylic acids is 2. The maximum absolute atomic E-state index is 12.7. The van der Waals surface area contributed by atoms with Crippen molar-refractivity contribution in [2.24, 2.45) is 0 Å². The zero-order chi connectivity index (χ0) is 23.0. The lowest BCUT2D eigenvalue weighted by molar-refractivity contribution is -0.153. The number of nitrogens with zero attached hydrogens (tertiary/aromatic N) is 3. The molecule has 0 aliphatic heterocycles. The van der Waals surface area contributed by atoms with Crippen LogP contribution in [0.2, 0.25) is 0 Å². The number of ether oxygens (including phenoxy) is 1. The topological polar surface area (TPSA) is 64.4 Å². The van der Waals surface area contributed by atoms with Crippen LogP contribution in [0.4, 0.5) is 13.2 Å². The zero-order valence-electron chi connectivity index (χ0n) is 17.2. The van der Waals surface area contributed by atoms with E-state index in [4.69, 9.17) is 4.74 Å². The molecule has 1 aromatic heterocycles. The van der Waals surface area contributed by atoms with Gasteiger partial charge in [0, 0.05) is 19.3 Å². The zero-order valence-corrected chi connectivity index (χ0v) is 17.2. The van der Waals surface area contributed by atoms with Crippen LogP contribution in [-0.4, -0.2) is 39.7 Å². The van der Waals surface area contributed by atoms with E-state index in [0.29, 0.717) is 19.5 Å². The Labute approximate surface area is 183 Å². The fraction of sp³-hybridized carbons (Fsp3) is 0.261. The highest BCUT2D eigenvalue weighted by molar-refractivity contribution is 5.80. The van der Waals surface area contributed by atoms with Crippen LogP contribution in [-0.2, 0) is 40.0 Å². The number of hydrogen-bond acceptors (Lipinski definition) is 4. The van der Waals surface area contributed by atoms with Gasteiger partial charge in [-0.2, -0.15) is 18.3 Å². The quantitative estimate of drug-likeness (QED) is 0.471. The average molecular weight is 445 g/mol. The van der Waals surface area contributed by atoms with Crippen molar-refractivity contribution < 1.29 is 27.5 Å². The Bertz CT molecular complexity index is 1020. The second-order valence-corrected chi connectivity index (χ2v) is 7.09. The first-order chi connectivity index (χ1) is 15.3. The molecule has 32 heavy (non-hydrogen) atoms. The molecule has 0 fully saturated rings. The highest BCUT2D eigenvalue weighted by Gasteiger charge is 2.33. The normalized spacial score (nSPS) is 11.2. The molecule has 6 nitrogen and oxygen atoms in total. The number of rotatable bonds is 9. The van der Waals surface area contributed by atoms with Crippen molar-refractivity contribution in [3.05, 3.63) is 89.7 Å². The first-order valence-electron chi connectivity index (χ1n) is 9.93. The van der Waals surface area contributed by atoms with Gasteiger partial charge in [-0.15, -0.1) is 0 Å². The Morgan fingerprint density at radius 3 is 2.16 bits per heavy atom. The summed E-state index contributed by atoms with van der Waals surface area (Å²) in [5.41, 5.74) is 0.891. The molecule has 0 saturated heterocycles. The van der Waals surface area contributed by atoms with E-state index in [-0.39, 0.29) is 0 Å². The molecule has 0 N–H and O–H groups in total. The van der Waals surface area contributed by atoms with Crippen molar-refractivity contribution in [1.82, 2.24) is 14.7 Å². The van der Waals surface area contributed by atoms with Gasteiger partial charge in [-0.25, -0.2) is 0 Å². The maximum atomic E-state index is 12.7. The van der Waals surface area contributed by atoms with Gasteiger partial charge in [-0.3, -0.25) is 14.3 Å². The second kappa shape index (κ2) is 10.6. The van der Waals surface area contributed by atoms with Crippen molar-refractivity contribution in [2.45, 2.75) is 25.7 Å². The molecule has 3 rings (SSSR count). The fourth-order valence-electron chi connectivity index (χ4n) is 3.02. The summed E-state index contributed by atoms with van der Waals surface area (Å²) >= 11 is 0. The third kappa shape index (κ3) is 6.97. The summed E-state index contributed by atoms with van der Waals surface area (Å²) in [7, 11) is 0. The molecular formula is C23H22F3N3O3. The fourth-order valence-corrected chi connectivity index (χ4v) is 3.02. The molecule has 0 atom stereocenters. The van der Waals surface area contributed by atoms with Gasteiger partial charge in [0.05, 0.1) is 0 Å². The molecule has 3 aromatic rings. The number of aromatic nitrogens is 2. The number of hydrogen-bond donors (Lipinski definition) is 0. The Morgan fingerprint density at radius 1 is 0.938 bits per heavy atom. The first kappa shape index (κ1) is 23.1. The molecule has 0 unspecified atom stereocenters. The molecule has 0 spiro atoms. The average Bonchev–Trinajstić information content (AvgIpc) is 3.25. The minimum Gasteiger partial charge on any atom is -0.454 e. The monoisotopic (exact) mass is 445 g/mol. The van der Waals surface area contributed by atoms with Crippen LogP contribution < -0.4 is 0 Å². The minimum absolute atomic E-state index is 0.345. The Hall–Kier alpha value is -3.62. The van der Waals surface area contributed by atoms with Gasteiger partial charge >= 0.3 is 12.1 Å². The highest BCUT2D eigenvalue weighted by Crippen LogP contribution is 2.27. The first-order valence-corrected chi connectivity index (χ1v) is 9.93. The van der Waals surface area contributed by atoms with E-state index in [1.165, 1.54) is 0 Å². The van der Waals surface area contributed by atoms with Crippen LogP contribution >= 0.6 is 0 Å². The van der Waals surface area contributed by atoms with Crippen molar-refractivity contribution in [3.63, 3.8) is 0 Å². The molecule has 168 valence electrons. The van der Waals surface area contributed by atoms with Gasteiger partial charge in [-0.1, -0.05) is 60.7 Å². The summed E-state index contributed by atoms with van der Waals surface area (Å²) in [6.45, 7) is -0.262. The summed E-state index contributed by atoms with van der Waals surface area (Å²) in [5.74, 6) is -1.24. The summed E-state index contributed by atoms with van der Waals surface area (Å²) in [4.78, 5) is 26.3. The van der Waals surface area contributed by atoms with Gasteiger partial charge < -0.3 is 9.64 Å². The predicted octanol–water partition coefficient (Wildman–Crippen LogP) is 3.72. The number of halogens is 3. The SMILES string of the molecule is O=C(Cn1ccc(C(F)(F)F)n1)OCC(=O)N(CCc1ccccc1)Cc1ccccc1. The lowest BCUT2D eigenvalue weighted by atomic mass is 10.1. The van der Waals surface area contributed by atoms with E-state index in [2.05, 4.69) is 5.10 Å². The maximum Gasteiger partial charge on any atom is 0.435 e. The van der Waals surface area contributed by atoms with Crippen molar-refractivity contribution >= 4 is 11.9 Å². The van der Waals surface area contributed by atoms with E-state index >= 15 is 0 Å². The van der Waals surface area contributed by atoms with Gasteiger partial charge in [0.25, 0.3) is 5.91 Å². The van der Waals surface area contributed by atoms with Gasteiger partial charge in [0.15, 0.2) is 12.3 Å². The van der Waals surface area contributed by atoms with Gasteiger partial charge in [0.2, 0.25) is 0 Å². The molecule has 2 aromatic carbocycles. The van der Waals surface area contributed by atoms with Crippen LogP contribution in [0.15, 0.2) is 72.9 Å². The van der Waals surface area contributed by atoms with E-state index < -0.39 is 36.9 Å². The van der Waals surface area contributed by atoms with E-state index in [0.717, 1.165) is 28.1 Å². The molecule has 0 saturated carbocycles. The number of carbonyl (C=O) groups is 2. The van der Waals surface area contributed by atoms with E-state index in [1.807, 2.05) is 60.7 Å². The third-order valence-corrected chi connectivity index (χ3v) is 4.66. The molecule has 0 radical (unpaired) electrons. The summed E-state index contributed by atoms with van der Waals surface area (Å²) in [6.07, 6.45) is -2.93. The highest BCUT2D eigenvalue weighted by atomic mass is 19.4. The smallest absolute Gasteiger partial charge is 0.435 e. The number of alkyl halides is 3. The lowest BCUT2D eigenvalue weighted by Gasteiger charge is -2.23. The molecule has 1 amide bonds. The van der Waals surface area contributed by atoms with Crippen molar-refractivity contribution in [1.29, 1.82) is 0 Å². The minimum atomic E-state index is -4.60. The molecule has 1 heterocycles. The number of esters is 1. The summed E-state index contributed by atoms with van der Waals surface area (Å²) in [5, 5.41) is 3.30. The van der Waals surface area contributed by atoms with Crippen LogP contribution in [0.3, 0.4) is 0 Å². The van der Waals surface area contributed by atoms with Gasteiger partial charge in [-0.05, 0) is 23.6 Å². The Balaban J connectivity index is 1.57. The molecule has 0 aliphatic carbocycles. The van der Waals surface area contributed by atoms with Crippen LogP contribution in [0.25, 0.3) is 0 Å². The van der Waals surface area contributed by atoms with Crippen LogP contribution in [0, 0.1) is 0 Å². The van der Waals surface area contributed by atoms with Gasteiger partial charge in [0.1, 0.15) is 6.54 Å². The molecule has 0 aliphatic rings. The van der Waals surface area contributed by atoms with Crippen molar-refractivity contribution in [2.75, 3.05) is 13.2 Å². The predicted molar refractivity (Wildman–Crippen MR) is 110 cm³/mol. The Morgan fingerprint density at radius 2 is 1.56 bits per heavy atom. The number of amides is 1. The van der Waals surface area contributed by atoms with Crippen LogP contribution in [0.5, 0.6) is 0 Å². The largest absolute Gasteiger partial charge is 0.454 e. The summed E-state index contributed by atoms with van der Waals surface area (Å²) < 4.78 is 43.7. The Kier molecular flexibility index (Phi) is 7.64. The van der Waals surface area contributed by atoms with Crippen molar-refractivity contribution in [3.8, 4) is 0 Å².